The van der Waals surface area contributed by atoms with Gasteiger partial charge in [-0.3, -0.25) is 4.79 Å². The second-order valence-electron chi connectivity index (χ2n) is 2.70. The highest BCUT2D eigenvalue weighted by Gasteiger charge is 2.36. The van der Waals surface area contributed by atoms with Crippen molar-refractivity contribution in [1.82, 2.24) is 0 Å². The maximum Gasteiger partial charge on any atom is 0.420 e. The highest BCUT2D eigenvalue weighted by atomic mass is 19.4. The van der Waals surface area contributed by atoms with Crippen LogP contribution in [-0.2, 0) is 6.18 Å². The average Bonchev–Trinajstić information content (AvgIpc) is 2.15. The minimum Gasteiger partial charge on any atom is -0.504 e. The van der Waals surface area contributed by atoms with Gasteiger partial charge in [-0.05, 0) is 12.1 Å². The van der Waals surface area contributed by atoms with Crippen LogP contribution in [0.3, 0.4) is 0 Å². The number of ether oxygens (including phenoxy) is 1. The van der Waals surface area contributed by atoms with Gasteiger partial charge >= 0.3 is 6.18 Å². The summed E-state index contributed by atoms with van der Waals surface area (Å²) in [6.07, 6.45) is -4.39. The molecule has 0 unspecified atom stereocenters. The Morgan fingerprint density at radius 3 is 2.40 bits per heavy atom. The second kappa shape index (κ2) is 3.80. The molecular formula is C9H7F3O3. The van der Waals surface area contributed by atoms with Crippen LogP contribution in [-0.4, -0.2) is 18.5 Å². The summed E-state index contributed by atoms with van der Waals surface area (Å²) in [7, 11) is 0.985. The van der Waals surface area contributed by atoms with E-state index in [9.17, 15) is 23.1 Å². The minimum atomic E-state index is -4.63. The Kier molecular flexibility index (Phi) is 2.88. The first kappa shape index (κ1) is 11.4. The molecule has 0 fully saturated rings. The third-order valence-corrected chi connectivity index (χ3v) is 1.80. The fourth-order valence-electron chi connectivity index (χ4n) is 1.11. The summed E-state index contributed by atoms with van der Waals surface area (Å²) in [5.74, 6) is -1.55. The molecule has 1 rings (SSSR count). The zero-order chi connectivity index (χ0) is 11.6. The number of carbonyl (C=O) groups excluding carboxylic acids is 1. The SMILES string of the molecule is COc1c(C(F)(F)F)ccc(C=O)c1O. The normalized spacial score (nSPS) is 11.2. The standard InChI is InChI=1S/C9H7F3O3/c1-15-8-6(9(10,11)12)3-2-5(4-13)7(8)14/h2-4,14H,1H3. The van der Waals surface area contributed by atoms with Gasteiger partial charge in [0.1, 0.15) is 5.56 Å². The number of hydrogen-bond donors (Lipinski definition) is 1. The van der Waals surface area contributed by atoms with E-state index in [0.29, 0.717) is 6.07 Å². The molecule has 0 atom stereocenters. The van der Waals surface area contributed by atoms with E-state index in [2.05, 4.69) is 4.74 Å². The maximum absolute atomic E-state index is 12.4. The second-order valence-corrected chi connectivity index (χ2v) is 2.70. The Labute approximate surface area is 83.1 Å². The largest absolute Gasteiger partial charge is 0.504 e. The Hall–Kier alpha value is -1.72. The lowest BCUT2D eigenvalue weighted by atomic mass is 10.1. The van der Waals surface area contributed by atoms with Gasteiger partial charge in [-0.15, -0.1) is 0 Å². The van der Waals surface area contributed by atoms with Gasteiger partial charge in [0.05, 0.1) is 12.7 Å². The summed E-state index contributed by atoms with van der Waals surface area (Å²) < 4.78 is 41.5. The van der Waals surface area contributed by atoms with E-state index in [1.807, 2.05) is 0 Å². The summed E-state index contributed by atoms with van der Waals surface area (Å²) >= 11 is 0. The number of benzene rings is 1. The molecule has 0 heterocycles. The van der Waals surface area contributed by atoms with E-state index in [4.69, 9.17) is 0 Å². The van der Waals surface area contributed by atoms with E-state index in [1.54, 1.807) is 0 Å². The van der Waals surface area contributed by atoms with E-state index >= 15 is 0 Å². The van der Waals surface area contributed by atoms with Crippen LogP contribution in [0.15, 0.2) is 12.1 Å². The minimum absolute atomic E-state index is 0.248. The number of rotatable bonds is 2. The van der Waals surface area contributed by atoms with Gasteiger partial charge in [-0.1, -0.05) is 0 Å². The smallest absolute Gasteiger partial charge is 0.420 e. The summed E-state index contributed by atoms with van der Waals surface area (Å²) in [4.78, 5) is 10.4. The third-order valence-electron chi connectivity index (χ3n) is 1.80. The predicted octanol–water partition coefficient (Wildman–Crippen LogP) is 2.23. The summed E-state index contributed by atoms with van der Waals surface area (Å²) in [6, 6.07) is 1.57. The highest BCUT2D eigenvalue weighted by molar-refractivity contribution is 5.81. The van der Waals surface area contributed by atoms with Gasteiger partial charge < -0.3 is 9.84 Å². The van der Waals surface area contributed by atoms with Crippen LogP contribution in [0.2, 0.25) is 0 Å². The Morgan fingerprint density at radius 2 is 2.00 bits per heavy atom. The van der Waals surface area contributed by atoms with Crippen LogP contribution in [0.1, 0.15) is 15.9 Å². The number of aromatic hydroxyl groups is 1. The molecule has 15 heavy (non-hydrogen) atoms. The fourth-order valence-corrected chi connectivity index (χ4v) is 1.11. The zero-order valence-corrected chi connectivity index (χ0v) is 7.63. The Morgan fingerprint density at radius 1 is 1.40 bits per heavy atom. The molecule has 0 aliphatic carbocycles. The number of phenols is 1. The molecule has 0 radical (unpaired) electrons. The molecule has 0 bridgehead atoms. The first-order valence-corrected chi connectivity index (χ1v) is 3.84. The van der Waals surface area contributed by atoms with Crippen LogP contribution in [0.5, 0.6) is 11.5 Å². The number of methoxy groups -OCH3 is 1. The molecule has 1 aromatic rings. The number of aldehydes is 1. The van der Waals surface area contributed by atoms with Crippen LogP contribution >= 0.6 is 0 Å². The number of phenolic OH excluding ortho intramolecular Hbond substituents is 1. The molecule has 0 saturated carbocycles. The van der Waals surface area contributed by atoms with Gasteiger partial charge in [0, 0.05) is 0 Å². The molecule has 0 aliphatic rings. The quantitative estimate of drug-likeness (QED) is 0.777. The average molecular weight is 220 g/mol. The third kappa shape index (κ3) is 2.03. The molecule has 82 valence electrons. The van der Waals surface area contributed by atoms with Gasteiger partial charge in [0.15, 0.2) is 17.8 Å². The summed E-state index contributed by atoms with van der Waals surface area (Å²) in [6.45, 7) is 0. The number of halogens is 3. The predicted molar refractivity (Wildman–Crippen MR) is 45.0 cm³/mol. The van der Waals surface area contributed by atoms with Crippen molar-refractivity contribution >= 4 is 6.29 Å². The molecule has 0 saturated heterocycles. The van der Waals surface area contributed by atoms with E-state index < -0.39 is 23.2 Å². The Bertz CT molecular complexity index is 385. The van der Waals surface area contributed by atoms with E-state index in [1.165, 1.54) is 0 Å². The molecule has 0 aromatic heterocycles. The molecule has 6 heteroatoms. The lowest BCUT2D eigenvalue weighted by Crippen LogP contribution is -2.08. The zero-order valence-electron chi connectivity index (χ0n) is 7.63. The van der Waals surface area contributed by atoms with Crippen molar-refractivity contribution in [3.63, 3.8) is 0 Å². The summed E-state index contributed by atoms with van der Waals surface area (Å²) in [5.41, 5.74) is -1.37. The number of carbonyl (C=O) groups is 1. The van der Waals surface area contributed by atoms with Gasteiger partial charge in [-0.2, -0.15) is 13.2 Å². The lowest BCUT2D eigenvalue weighted by molar-refractivity contribution is -0.138. The number of alkyl halides is 3. The molecule has 3 nitrogen and oxygen atoms in total. The van der Waals surface area contributed by atoms with Crippen molar-refractivity contribution in [2.75, 3.05) is 7.11 Å². The van der Waals surface area contributed by atoms with E-state index in [0.717, 1.165) is 13.2 Å². The molecule has 0 spiro atoms. The van der Waals surface area contributed by atoms with Crippen molar-refractivity contribution in [3.8, 4) is 11.5 Å². The first-order valence-electron chi connectivity index (χ1n) is 3.84. The van der Waals surface area contributed by atoms with Gasteiger partial charge in [0.25, 0.3) is 0 Å². The molecule has 0 aliphatic heterocycles. The van der Waals surface area contributed by atoms with Crippen LogP contribution < -0.4 is 4.74 Å². The van der Waals surface area contributed by atoms with Crippen LogP contribution in [0.25, 0.3) is 0 Å². The lowest BCUT2D eigenvalue weighted by Gasteiger charge is -2.13. The van der Waals surface area contributed by atoms with Crippen molar-refractivity contribution in [3.05, 3.63) is 23.3 Å². The topological polar surface area (TPSA) is 46.5 Å². The van der Waals surface area contributed by atoms with Crippen molar-refractivity contribution in [2.24, 2.45) is 0 Å². The summed E-state index contributed by atoms with van der Waals surface area (Å²) in [5, 5.41) is 9.28. The van der Waals surface area contributed by atoms with Crippen LogP contribution in [0.4, 0.5) is 13.2 Å². The van der Waals surface area contributed by atoms with Crippen molar-refractivity contribution < 1.29 is 27.8 Å². The Balaban J connectivity index is 3.44. The molecule has 1 aromatic carbocycles. The van der Waals surface area contributed by atoms with E-state index in [-0.39, 0.29) is 11.8 Å². The number of hydrogen-bond acceptors (Lipinski definition) is 3. The monoisotopic (exact) mass is 220 g/mol. The molecule has 0 amide bonds. The van der Waals surface area contributed by atoms with Crippen molar-refractivity contribution in [2.45, 2.75) is 6.18 Å². The van der Waals surface area contributed by atoms with Gasteiger partial charge in [0.2, 0.25) is 0 Å². The van der Waals surface area contributed by atoms with Gasteiger partial charge in [-0.25, -0.2) is 0 Å². The first-order chi connectivity index (χ1) is 6.91. The maximum atomic E-state index is 12.4. The van der Waals surface area contributed by atoms with Crippen molar-refractivity contribution in [1.29, 1.82) is 0 Å². The fraction of sp³-hybridized carbons (Fsp3) is 0.222. The molecular weight excluding hydrogens is 213 g/mol. The molecule has 1 N–H and O–H groups in total. The highest BCUT2D eigenvalue weighted by Crippen LogP contribution is 2.42. The van der Waals surface area contributed by atoms with Crippen LogP contribution in [0, 0.1) is 0 Å².